The highest BCUT2D eigenvalue weighted by molar-refractivity contribution is 7.22. The van der Waals surface area contributed by atoms with Crippen LogP contribution in [0.1, 0.15) is 33.1 Å². The number of thiazole rings is 1. The lowest BCUT2D eigenvalue weighted by Gasteiger charge is -2.38. The van der Waals surface area contributed by atoms with Gasteiger partial charge >= 0.3 is 6.03 Å². The molecule has 9 heteroatoms. The number of carbonyl (C=O) groups excluding carboxylic acids is 1. The molecule has 0 radical (unpaired) electrons. The lowest BCUT2D eigenvalue weighted by atomic mass is 10.00. The summed E-state index contributed by atoms with van der Waals surface area (Å²) in [5.41, 5.74) is 3.52. The minimum Gasteiger partial charge on any atom is -0.282 e. The van der Waals surface area contributed by atoms with Gasteiger partial charge in [0.15, 0.2) is 5.13 Å². The number of hydrogen-bond acceptors (Lipinski definition) is 6. The molecule has 1 aliphatic rings. The average Bonchev–Trinajstić information content (AvgIpc) is 2.92. The van der Waals surface area contributed by atoms with E-state index in [0.717, 1.165) is 12.8 Å². The Morgan fingerprint density at radius 3 is 2.75 bits per heavy atom. The van der Waals surface area contributed by atoms with Crippen molar-refractivity contribution in [1.82, 2.24) is 15.4 Å². The zero-order valence-electron chi connectivity index (χ0n) is 13.5. The lowest BCUT2D eigenvalue weighted by molar-refractivity contribution is -0.384. The first kappa shape index (κ1) is 16.6. The molecule has 2 unspecified atom stereocenters. The number of carbonyl (C=O) groups is 1. The third-order valence-electron chi connectivity index (χ3n) is 4.23. The number of nitro benzene ring substituents is 1. The number of nitrogens with one attached hydrogen (secondary N) is 2. The van der Waals surface area contributed by atoms with Crippen LogP contribution in [-0.4, -0.2) is 33.0 Å². The lowest BCUT2D eigenvalue weighted by Crippen LogP contribution is -2.55. The van der Waals surface area contributed by atoms with Gasteiger partial charge in [0.25, 0.3) is 5.69 Å². The first-order valence-corrected chi connectivity index (χ1v) is 8.66. The van der Waals surface area contributed by atoms with E-state index in [1.54, 1.807) is 6.07 Å². The third kappa shape index (κ3) is 3.46. The van der Waals surface area contributed by atoms with Crippen LogP contribution >= 0.6 is 11.3 Å². The fraction of sp³-hybridized carbons (Fsp3) is 0.467. The van der Waals surface area contributed by atoms with Gasteiger partial charge in [0.1, 0.15) is 0 Å². The topological polar surface area (TPSA) is 100 Å². The molecule has 2 aromatic rings. The Balaban J connectivity index is 1.70. The maximum atomic E-state index is 12.2. The molecular formula is C15H19N5O3S. The maximum absolute atomic E-state index is 12.2. The van der Waals surface area contributed by atoms with Crippen molar-refractivity contribution in [3.8, 4) is 0 Å². The molecule has 0 saturated carbocycles. The Bertz CT molecular complexity index is 768. The van der Waals surface area contributed by atoms with Crippen LogP contribution in [0.5, 0.6) is 0 Å². The second kappa shape index (κ2) is 6.70. The van der Waals surface area contributed by atoms with Crippen LogP contribution in [0.3, 0.4) is 0 Å². The zero-order valence-corrected chi connectivity index (χ0v) is 14.3. The number of anilines is 1. The maximum Gasteiger partial charge on any atom is 0.335 e. The normalized spacial score (nSPS) is 21.6. The van der Waals surface area contributed by atoms with Gasteiger partial charge in [0, 0.05) is 24.2 Å². The fourth-order valence-corrected chi connectivity index (χ4v) is 3.86. The van der Waals surface area contributed by atoms with E-state index in [1.165, 1.54) is 29.9 Å². The predicted octanol–water partition coefficient (Wildman–Crippen LogP) is 3.50. The van der Waals surface area contributed by atoms with E-state index >= 15 is 0 Å². The highest BCUT2D eigenvalue weighted by Crippen LogP contribution is 2.29. The first-order chi connectivity index (χ1) is 11.4. The second-order valence-electron chi connectivity index (χ2n) is 6.03. The van der Waals surface area contributed by atoms with Gasteiger partial charge in [0.2, 0.25) is 0 Å². The number of hydrazine groups is 1. The predicted molar refractivity (Wildman–Crippen MR) is 93.0 cm³/mol. The summed E-state index contributed by atoms with van der Waals surface area (Å²) in [5, 5.41) is 15.9. The van der Waals surface area contributed by atoms with Crippen molar-refractivity contribution in [1.29, 1.82) is 0 Å². The minimum absolute atomic E-state index is 0.0121. The molecular weight excluding hydrogens is 330 g/mol. The number of nitrogens with zero attached hydrogens (tertiary/aromatic N) is 3. The summed E-state index contributed by atoms with van der Waals surface area (Å²) >= 11 is 1.21. The number of urea groups is 1. The summed E-state index contributed by atoms with van der Waals surface area (Å²) in [6, 6.07) is 4.69. The Kier molecular flexibility index (Phi) is 4.63. The zero-order chi connectivity index (χ0) is 17.3. The van der Waals surface area contributed by atoms with Gasteiger partial charge in [0.05, 0.1) is 15.1 Å². The van der Waals surface area contributed by atoms with Crippen molar-refractivity contribution in [3.05, 3.63) is 28.3 Å². The minimum atomic E-state index is -0.446. The second-order valence-corrected chi connectivity index (χ2v) is 7.06. The van der Waals surface area contributed by atoms with E-state index in [0.29, 0.717) is 15.3 Å². The summed E-state index contributed by atoms with van der Waals surface area (Å²) < 4.78 is 0.666. The number of benzene rings is 1. The third-order valence-corrected chi connectivity index (χ3v) is 5.16. The quantitative estimate of drug-likeness (QED) is 0.652. The van der Waals surface area contributed by atoms with Crippen LogP contribution in [0.2, 0.25) is 0 Å². The Labute approximate surface area is 143 Å². The molecule has 1 aromatic heterocycles. The number of hydrogen-bond donors (Lipinski definition) is 2. The summed E-state index contributed by atoms with van der Waals surface area (Å²) in [7, 11) is 0. The number of piperidine rings is 1. The van der Waals surface area contributed by atoms with Crippen molar-refractivity contribution in [2.75, 3.05) is 5.32 Å². The van der Waals surface area contributed by atoms with Gasteiger partial charge in [-0.05, 0) is 32.8 Å². The molecule has 128 valence electrons. The van der Waals surface area contributed by atoms with Crippen molar-refractivity contribution < 1.29 is 9.72 Å². The van der Waals surface area contributed by atoms with Crippen molar-refractivity contribution in [2.24, 2.45) is 0 Å². The molecule has 1 aromatic carbocycles. The molecule has 3 rings (SSSR count). The number of non-ortho nitro benzene ring substituents is 1. The van der Waals surface area contributed by atoms with E-state index in [2.05, 4.69) is 29.6 Å². The van der Waals surface area contributed by atoms with Gasteiger partial charge < -0.3 is 0 Å². The smallest absolute Gasteiger partial charge is 0.282 e. The molecule has 1 fully saturated rings. The van der Waals surface area contributed by atoms with Gasteiger partial charge in [-0.15, -0.1) is 0 Å². The summed E-state index contributed by atoms with van der Waals surface area (Å²) in [4.78, 5) is 26.9. The van der Waals surface area contributed by atoms with Crippen molar-refractivity contribution in [2.45, 2.75) is 45.2 Å². The number of rotatable bonds is 3. The molecule has 2 N–H and O–H groups in total. The molecule has 1 saturated heterocycles. The molecule has 0 aliphatic carbocycles. The first-order valence-electron chi connectivity index (χ1n) is 7.85. The molecule has 2 atom stereocenters. The standard InChI is InChI=1S/C15H19N5O3S/c1-9-4-3-5-10(2)19(9)18-14(21)17-15-16-12-7-6-11(20(22)23)8-13(12)24-15/h6-10H,3-5H2,1-2H3,(H2,16,17,18,21). The number of nitro groups is 1. The van der Waals surface area contributed by atoms with E-state index in [9.17, 15) is 14.9 Å². The largest absolute Gasteiger partial charge is 0.335 e. The SMILES string of the molecule is CC1CCCC(C)N1NC(=O)Nc1nc2ccc([N+](=O)[O-])cc2s1. The van der Waals surface area contributed by atoms with Crippen LogP contribution in [0.4, 0.5) is 15.6 Å². The van der Waals surface area contributed by atoms with E-state index in [-0.39, 0.29) is 23.8 Å². The highest BCUT2D eigenvalue weighted by atomic mass is 32.1. The van der Waals surface area contributed by atoms with Gasteiger partial charge in [-0.1, -0.05) is 17.8 Å². The van der Waals surface area contributed by atoms with Gasteiger partial charge in [-0.2, -0.15) is 0 Å². The Hall–Kier alpha value is -2.26. The van der Waals surface area contributed by atoms with Crippen LogP contribution in [0.15, 0.2) is 18.2 Å². The monoisotopic (exact) mass is 349 g/mol. The molecule has 8 nitrogen and oxygen atoms in total. The molecule has 2 amide bonds. The van der Waals surface area contributed by atoms with Gasteiger partial charge in [-0.3, -0.25) is 20.9 Å². The number of fused-ring (bicyclic) bond motifs is 1. The number of aromatic nitrogens is 1. The molecule has 0 spiro atoms. The van der Waals surface area contributed by atoms with Crippen LogP contribution in [-0.2, 0) is 0 Å². The van der Waals surface area contributed by atoms with Crippen LogP contribution in [0.25, 0.3) is 10.2 Å². The van der Waals surface area contributed by atoms with Crippen LogP contribution in [0, 0.1) is 10.1 Å². The number of amides is 2. The molecule has 0 bridgehead atoms. The van der Waals surface area contributed by atoms with E-state index in [4.69, 9.17) is 0 Å². The summed E-state index contributed by atoms with van der Waals surface area (Å²) in [5.74, 6) is 0. The van der Waals surface area contributed by atoms with E-state index < -0.39 is 4.92 Å². The summed E-state index contributed by atoms with van der Waals surface area (Å²) in [6.07, 6.45) is 3.27. The highest BCUT2D eigenvalue weighted by Gasteiger charge is 2.26. The Morgan fingerprint density at radius 1 is 1.38 bits per heavy atom. The van der Waals surface area contributed by atoms with Crippen molar-refractivity contribution in [3.63, 3.8) is 0 Å². The molecule has 24 heavy (non-hydrogen) atoms. The fourth-order valence-electron chi connectivity index (χ4n) is 2.96. The average molecular weight is 349 g/mol. The van der Waals surface area contributed by atoms with Gasteiger partial charge in [-0.25, -0.2) is 14.8 Å². The summed E-state index contributed by atoms with van der Waals surface area (Å²) in [6.45, 7) is 4.18. The Morgan fingerprint density at radius 2 is 2.08 bits per heavy atom. The van der Waals surface area contributed by atoms with E-state index in [1.807, 2.05) is 5.01 Å². The molecule has 2 heterocycles. The van der Waals surface area contributed by atoms with Crippen molar-refractivity contribution >= 4 is 38.4 Å². The molecule has 1 aliphatic heterocycles. The van der Waals surface area contributed by atoms with Crippen LogP contribution < -0.4 is 10.7 Å².